The van der Waals surface area contributed by atoms with Gasteiger partial charge in [0.2, 0.25) is 5.75 Å². The number of halogens is 1. The highest BCUT2D eigenvalue weighted by atomic mass is 35.5. The van der Waals surface area contributed by atoms with Crippen LogP contribution in [0.15, 0.2) is 18.2 Å². The summed E-state index contributed by atoms with van der Waals surface area (Å²) in [4.78, 5) is 9.96. The van der Waals surface area contributed by atoms with Crippen molar-refractivity contribution in [1.29, 1.82) is 0 Å². The van der Waals surface area contributed by atoms with Gasteiger partial charge >= 0.3 is 5.69 Å². The van der Waals surface area contributed by atoms with Gasteiger partial charge < -0.3 is 9.84 Å². The average Bonchev–Trinajstić information content (AvgIpc) is 2.15. The van der Waals surface area contributed by atoms with Gasteiger partial charge in [-0.25, -0.2) is 0 Å². The van der Waals surface area contributed by atoms with Gasteiger partial charge in [0.1, 0.15) is 6.61 Å². The summed E-state index contributed by atoms with van der Waals surface area (Å²) in [6, 6.07) is 4.24. The number of nitrogens with zero attached hydrogens (tertiary/aromatic N) is 1. The van der Waals surface area contributed by atoms with Crippen LogP contribution >= 0.6 is 11.6 Å². The van der Waals surface area contributed by atoms with Crippen LogP contribution in [0.2, 0.25) is 5.02 Å². The predicted octanol–water partition coefficient (Wildman–Crippen LogP) is 1.62. The third-order valence-corrected chi connectivity index (χ3v) is 1.78. The lowest BCUT2D eigenvalue weighted by molar-refractivity contribution is -0.385. The summed E-state index contributed by atoms with van der Waals surface area (Å²) in [6.07, 6.45) is 0. The van der Waals surface area contributed by atoms with E-state index in [1.54, 1.807) is 0 Å². The van der Waals surface area contributed by atoms with E-state index in [0.29, 0.717) is 0 Å². The van der Waals surface area contributed by atoms with E-state index in [9.17, 15) is 10.1 Å². The van der Waals surface area contributed by atoms with Crippen LogP contribution in [-0.2, 0) is 0 Å². The highest BCUT2D eigenvalue weighted by Crippen LogP contribution is 2.34. The van der Waals surface area contributed by atoms with Crippen molar-refractivity contribution in [1.82, 2.24) is 0 Å². The number of aliphatic hydroxyl groups is 1. The van der Waals surface area contributed by atoms with E-state index < -0.39 is 4.92 Å². The fraction of sp³-hybridized carbons (Fsp3) is 0.250. The molecule has 5 nitrogen and oxygen atoms in total. The Morgan fingerprint density at radius 2 is 2.29 bits per heavy atom. The molecule has 0 radical (unpaired) electrons. The summed E-state index contributed by atoms with van der Waals surface area (Å²) in [5.74, 6) is -0.00628. The van der Waals surface area contributed by atoms with Crippen molar-refractivity contribution in [3.05, 3.63) is 33.3 Å². The Labute approximate surface area is 85.0 Å². The summed E-state index contributed by atoms with van der Waals surface area (Å²) in [5, 5.41) is 19.2. The molecule has 14 heavy (non-hydrogen) atoms. The van der Waals surface area contributed by atoms with Crippen LogP contribution in [0.5, 0.6) is 5.75 Å². The molecule has 0 aromatic heterocycles. The molecule has 0 amide bonds. The van der Waals surface area contributed by atoms with Crippen LogP contribution in [0.3, 0.4) is 0 Å². The van der Waals surface area contributed by atoms with Gasteiger partial charge in [0.25, 0.3) is 0 Å². The van der Waals surface area contributed by atoms with E-state index in [1.165, 1.54) is 18.2 Å². The number of nitro groups is 1. The minimum atomic E-state index is -0.585. The molecule has 0 bridgehead atoms. The van der Waals surface area contributed by atoms with Crippen molar-refractivity contribution in [3.63, 3.8) is 0 Å². The first-order valence-corrected chi connectivity index (χ1v) is 4.21. The van der Waals surface area contributed by atoms with E-state index in [2.05, 4.69) is 0 Å². The lowest BCUT2D eigenvalue weighted by Gasteiger charge is -2.06. The molecule has 1 aromatic carbocycles. The minimum absolute atomic E-state index is 0.00628. The fourth-order valence-electron chi connectivity index (χ4n) is 0.932. The third kappa shape index (κ3) is 2.34. The summed E-state index contributed by atoms with van der Waals surface area (Å²) in [7, 11) is 0. The lowest BCUT2D eigenvalue weighted by Crippen LogP contribution is -2.04. The Bertz CT molecular complexity index is 342. The number of rotatable bonds is 4. The van der Waals surface area contributed by atoms with Crippen molar-refractivity contribution in [2.75, 3.05) is 13.2 Å². The Hall–Kier alpha value is -1.33. The number of para-hydroxylation sites is 1. The molecule has 0 heterocycles. The highest BCUT2D eigenvalue weighted by molar-refractivity contribution is 6.32. The average molecular weight is 218 g/mol. The first-order chi connectivity index (χ1) is 6.66. The van der Waals surface area contributed by atoms with Gasteiger partial charge in [0, 0.05) is 6.07 Å². The van der Waals surface area contributed by atoms with Crippen LogP contribution in [-0.4, -0.2) is 23.2 Å². The van der Waals surface area contributed by atoms with Crippen LogP contribution in [0.4, 0.5) is 5.69 Å². The topological polar surface area (TPSA) is 72.6 Å². The van der Waals surface area contributed by atoms with E-state index in [4.69, 9.17) is 21.4 Å². The lowest BCUT2D eigenvalue weighted by atomic mass is 10.3. The fourth-order valence-corrected chi connectivity index (χ4v) is 1.16. The number of hydrogen-bond acceptors (Lipinski definition) is 4. The molecule has 0 saturated heterocycles. The molecule has 0 saturated carbocycles. The zero-order valence-electron chi connectivity index (χ0n) is 7.14. The smallest absolute Gasteiger partial charge is 0.312 e. The molecule has 1 rings (SSSR count). The number of nitro benzene ring substituents is 1. The first-order valence-electron chi connectivity index (χ1n) is 3.83. The molecule has 0 atom stereocenters. The molecule has 0 aliphatic rings. The minimum Gasteiger partial charge on any atom is -0.483 e. The second kappa shape index (κ2) is 4.78. The van der Waals surface area contributed by atoms with Gasteiger partial charge in [-0.05, 0) is 6.07 Å². The first kappa shape index (κ1) is 10.7. The summed E-state index contributed by atoms with van der Waals surface area (Å²) < 4.78 is 4.95. The Morgan fingerprint density at radius 3 is 2.86 bits per heavy atom. The van der Waals surface area contributed by atoms with Crippen LogP contribution in [0.25, 0.3) is 0 Å². The van der Waals surface area contributed by atoms with Gasteiger partial charge in [0.05, 0.1) is 16.6 Å². The van der Waals surface area contributed by atoms with Gasteiger partial charge in [-0.15, -0.1) is 0 Å². The van der Waals surface area contributed by atoms with Gasteiger partial charge in [-0.2, -0.15) is 0 Å². The monoisotopic (exact) mass is 217 g/mol. The van der Waals surface area contributed by atoms with Crippen LogP contribution in [0.1, 0.15) is 0 Å². The molecule has 76 valence electrons. The summed E-state index contributed by atoms with van der Waals surface area (Å²) in [5.41, 5.74) is -0.203. The highest BCUT2D eigenvalue weighted by Gasteiger charge is 2.17. The summed E-state index contributed by atoms with van der Waals surface area (Å²) >= 11 is 5.70. The van der Waals surface area contributed by atoms with Gasteiger partial charge in [-0.1, -0.05) is 17.7 Å². The van der Waals surface area contributed by atoms with E-state index in [0.717, 1.165) is 0 Å². The molecule has 0 aliphatic carbocycles. The van der Waals surface area contributed by atoms with E-state index in [1.807, 2.05) is 0 Å². The van der Waals surface area contributed by atoms with Crippen molar-refractivity contribution in [3.8, 4) is 5.75 Å². The van der Waals surface area contributed by atoms with Crippen LogP contribution in [0, 0.1) is 10.1 Å². The van der Waals surface area contributed by atoms with Crippen molar-refractivity contribution >= 4 is 17.3 Å². The van der Waals surface area contributed by atoms with E-state index in [-0.39, 0.29) is 29.7 Å². The third-order valence-electron chi connectivity index (χ3n) is 1.48. The second-order valence-electron chi connectivity index (χ2n) is 2.42. The maximum Gasteiger partial charge on any atom is 0.312 e. The number of ether oxygens (including phenoxy) is 1. The second-order valence-corrected chi connectivity index (χ2v) is 2.82. The molecule has 0 unspecified atom stereocenters. The Balaban J connectivity index is 3.02. The quantitative estimate of drug-likeness (QED) is 0.614. The Morgan fingerprint density at radius 1 is 1.57 bits per heavy atom. The van der Waals surface area contributed by atoms with Gasteiger partial charge in [-0.3, -0.25) is 10.1 Å². The standard InChI is InChI=1S/C8H8ClNO4/c9-6-2-1-3-7(10(12)13)8(6)14-5-4-11/h1-3,11H,4-5H2. The maximum absolute atomic E-state index is 10.5. The molecule has 0 fully saturated rings. The maximum atomic E-state index is 10.5. The molecule has 1 aromatic rings. The number of hydrogen-bond donors (Lipinski definition) is 1. The molecule has 0 spiro atoms. The predicted molar refractivity (Wildman–Crippen MR) is 50.7 cm³/mol. The summed E-state index contributed by atoms with van der Waals surface area (Å²) in [6.45, 7) is -0.243. The zero-order chi connectivity index (χ0) is 10.6. The number of benzene rings is 1. The van der Waals surface area contributed by atoms with Crippen molar-refractivity contribution in [2.45, 2.75) is 0 Å². The molecule has 6 heteroatoms. The van der Waals surface area contributed by atoms with Gasteiger partial charge in [0.15, 0.2) is 0 Å². The molecular weight excluding hydrogens is 210 g/mol. The zero-order valence-corrected chi connectivity index (χ0v) is 7.90. The Kier molecular flexibility index (Phi) is 3.67. The van der Waals surface area contributed by atoms with Crippen molar-refractivity contribution < 1.29 is 14.8 Å². The molecule has 0 aliphatic heterocycles. The molecular formula is C8H8ClNO4. The normalized spacial score (nSPS) is 9.86. The largest absolute Gasteiger partial charge is 0.483 e. The van der Waals surface area contributed by atoms with E-state index >= 15 is 0 Å². The van der Waals surface area contributed by atoms with Crippen molar-refractivity contribution in [2.24, 2.45) is 0 Å². The SMILES string of the molecule is O=[N+]([O-])c1cccc(Cl)c1OCCO. The van der Waals surface area contributed by atoms with Crippen LogP contribution < -0.4 is 4.74 Å². The number of aliphatic hydroxyl groups excluding tert-OH is 1. The molecule has 1 N–H and O–H groups in total.